The van der Waals surface area contributed by atoms with Crippen LogP contribution in [-0.4, -0.2) is 21.7 Å². The molecule has 2 N–H and O–H groups in total. The van der Waals surface area contributed by atoms with Crippen LogP contribution in [0.4, 0.5) is 0 Å². The fourth-order valence-corrected chi connectivity index (χ4v) is 2.14. The molecule has 0 aliphatic heterocycles. The third kappa shape index (κ3) is 2.74. The molecule has 0 aliphatic rings. The van der Waals surface area contributed by atoms with Crippen molar-refractivity contribution in [2.75, 3.05) is 6.61 Å². The van der Waals surface area contributed by atoms with E-state index in [9.17, 15) is 5.11 Å². The normalized spacial score (nSPS) is 10.8. The molecule has 1 heterocycles. The Bertz CT molecular complexity index is 734. The van der Waals surface area contributed by atoms with Gasteiger partial charge in [-0.05, 0) is 36.8 Å². The van der Waals surface area contributed by atoms with E-state index in [1.54, 1.807) is 18.2 Å². The number of rotatable bonds is 4. The maximum Gasteiger partial charge on any atom is 0.119 e. The molecule has 0 spiro atoms. The van der Waals surface area contributed by atoms with Gasteiger partial charge < -0.3 is 14.8 Å². The zero-order valence-electron chi connectivity index (χ0n) is 11.3. The average molecular weight is 268 g/mol. The van der Waals surface area contributed by atoms with Crippen LogP contribution >= 0.6 is 0 Å². The molecule has 4 heteroatoms. The quantitative estimate of drug-likeness (QED) is 0.764. The lowest BCUT2D eigenvalue weighted by Crippen LogP contribution is -2.02. The van der Waals surface area contributed by atoms with Crippen LogP contribution < -0.4 is 4.74 Å². The van der Waals surface area contributed by atoms with Gasteiger partial charge in [-0.15, -0.1) is 0 Å². The number of imidazole rings is 1. The molecule has 4 nitrogen and oxygen atoms in total. The number of hydrogen-bond donors (Lipinski definition) is 2. The molecule has 1 aromatic heterocycles. The van der Waals surface area contributed by atoms with E-state index in [1.807, 2.05) is 31.2 Å². The van der Waals surface area contributed by atoms with Crippen molar-refractivity contribution in [3.63, 3.8) is 0 Å². The summed E-state index contributed by atoms with van der Waals surface area (Å²) in [5.41, 5.74) is 2.88. The number of H-pyrrole nitrogens is 1. The summed E-state index contributed by atoms with van der Waals surface area (Å²) in [5, 5.41) is 9.42. The van der Waals surface area contributed by atoms with Gasteiger partial charge in [0.1, 0.15) is 17.3 Å². The zero-order chi connectivity index (χ0) is 13.9. The molecule has 0 atom stereocenters. The van der Waals surface area contributed by atoms with Crippen LogP contribution in [-0.2, 0) is 6.42 Å². The highest BCUT2D eigenvalue weighted by Crippen LogP contribution is 2.18. The van der Waals surface area contributed by atoms with Crippen molar-refractivity contribution in [2.45, 2.75) is 13.3 Å². The number of hydrogen-bond acceptors (Lipinski definition) is 3. The Morgan fingerprint density at radius 1 is 1.20 bits per heavy atom. The first kappa shape index (κ1) is 12.5. The Hall–Kier alpha value is -2.49. The molecular weight excluding hydrogens is 252 g/mol. The molecule has 0 aliphatic carbocycles. The Labute approximate surface area is 117 Å². The molecule has 0 amide bonds. The Kier molecular flexibility index (Phi) is 3.29. The van der Waals surface area contributed by atoms with E-state index in [0.29, 0.717) is 13.0 Å². The lowest BCUT2D eigenvalue weighted by molar-refractivity contribution is 0.319. The number of nitrogens with one attached hydrogen (secondary N) is 1. The molecule has 3 aromatic rings. The minimum atomic E-state index is 0.240. The maximum absolute atomic E-state index is 9.42. The van der Waals surface area contributed by atoms with Gasteiger partial charge in [0, 0.05) is 12.5 Å². The van der Waals surface area contributed by atoms with Crippen molar-refractivity contribution in [3.05, 3.63) is 53.9 Å². The number of nitrogens with zero attached hydrogens (tertiary/aromatic N) is 1. The summed E-state index contributed by atoms with van der Waals surface area (Å²) >= 11 is 0. The summed E-state index contributed by atoms with van der Waals surface area (Å²) in [5.74, 6) is 1.97. The van der Waals surface area contributed by atoms with E-state index in [4.69, 9.17) is 4.74 Å². The molecule has 2 aromatic carbocycles. The topological polar surface area (TPSA) is 58.1 Å². The largest absolute Gasteiger partial charge is 0.508 e. The Morgan fingerprint density at radius 3 is 2.95 bits per heavy atom. The SMILES string of the molecule is Cc1cccc(OCCc2nc3ccc(O)cc3[nH]2)c1. The van der Waals surface area contributed by atoms with E-state index in [-0.39, 0.29) is 5.75 Å². The zero-order valence-corrected chi connectivity index (χ0v) is 11.3. The molecule has 0 radical (unpaired) electrons. The summed E-state index contributed by atoms with van der Waals surface area (Å²) in [4.78, 5) is 7.64. The number of benzene rings is 2. The fraction of sp³-hybridized carbons (Fsp3) is 0.188. The molecular formula is C16H16N2O2. The van der Waals surface area contributed by atoms with E-state index in [1.165, 1.54) is 5.56 Å². The fourth-order valence-electron chi connectivity index (χ4n) is 2.14. The second-order valence-electron chi connectivity index (χ2n) is 4.80. The summed E-state index contributed by atoms with van der Waals surface area (Å²) in [6.45, 7) is 2.61. The first-order valence-electron chi connectivity index (χ1n) is 6.58. The number of aromatic hydroxyl groups is 1. The van der Waals surface area contributed by atoms with Crippen molar-refractivity contribution in [1.82, 2.24) is 9.97 Å². The van der Waals surface area contributed by atoms with Crippen molar-refractivity contribution < 1.29 is 9.84 Å². The van der Waals surface area contributed by atoms with Crippen LogP contribution in [0.1, 0.15) is 11.4 Å². The standard InChI is InChI=1S/C16H16N2O2/c1-11-3-2-4-13(9-11)20-8-7-16-17-14-6-5-12(19)10-15(14)18-16/h2-6,9-10,19H,7-8H2,1H3,(H,17,18). The summed E-state index contributed by atoms with van der Waals surface area (Å²) in [6.07, 6.45) is 0.698. The van der Waals surface area contributed by atoms with Crippen LogP contribution in [0.5, 0.6) is 11.5 Å². The van der Waals surface area contributed by atoms with Gasteiger partial charge in [0.05, 0.1) is 17.6 Å². The van der Waals surface area contributed by atoms with Gasteiger partial charge in [0.15, 0.2) is 0 Å². The van der Waals surface area contributed by atoms with E-state index >= 15 is 0 Å². The lowest BCUT2D eigenvalue weighted by Gasteiger charge is -2.05. The van der Waals surface area contributed by atoms with Crippen LogP contribution in [0, 0.1) is 6.92 Å². The number of aromatic amines is 1. The second-order valence-corrected chi connectivity index (χ2v) is 4.80. The molecule has 0 saturated heterocycles. The summed E-state index contributed by atoms with van der Waals surface area (Å²) in [7, 11) is 0. The predicted octanol–water partition coefficient (Wildman–Crippen LogP) is 3.20. The van der Waals surface area contributed by atoms with Gasteiger partial charge in [0.2, 0.25) is 0 Å². The average Bonchev–Trinajstić information content (AvgIpc) is 2.80. The number of aryl methyl sites for hydroxylation is 1. The van der Waals surface area contributed by atoms with Gasteiger partial charge >= 0.3 is 0 Å². The molecule has 20 heavy (non-hydrogen) atoms. The molecule has 102 valence electrons. The Balaban J connectivity index is 1.65. The number of ether oxygens (including phenoxy) is 1. The smallest absolute Gasteiger partial charge is 0.119 e. The van der Waals surface area contributed by atoms with E-state index in [0.717, 1.165) is 22.6 Å². The van der Waals surface area contributed by atoms with Crippen molar-refractivity contribution in [3.8, 4) is 11.5 Å². The monoisotopic (exact) mass is 268 g/mol. The van der Waals surface area contributed by atoms with Crippen LogP contribution in [0.3, 0.4) is 0 Å². The molecule has 0 fully saturated rings. The van der Waals surface area contributed by atoms with Crippen molar-refractivity contribution in [2.24, 2.45) is 0 Å². The van der Waals surface area contributed by atoms with Crippen molar-refractivity contribution in [1.29, 1.82) is 0 Å². The third-order valence-electron chi connectivity index (χ3n) is 3.11. The van der Waals surface area contributed by atoms with Gasteiger partial charge in [-0.2, -0.15) is 0 Å². The first-order valence-corrected chi connectivity index (χ1v) is 6.58. The molecule has 0 bridgehead atoms. The van der Waals surface area contributed by atoms with E-state index < -0.39 is 0 Å². The summed E-state index contributed by atoms with van der Waals surface area (Å²) in [6, 6.07) is 13.1. The molecule has 3 rings (SSSR count). The highest BCUT2D eigenvalue weighted by molar-refractivity contribution is 5.76. The number of phenolic OH excluding ortho intramolecular Hbond substituents is 1. The van der Waals surface area contributed by atoms with Gasteiger partial charge in [-0.1, -0.05) is 12.1 Å². The van der Waals surface area contributed by atoms with Crippen molar-refractivity contribution >= 4 is 11.0 Å². The van der Waals surface area contributed by atoms with Gasteiger partial charge in [-0.25, -0.2) is 4.98 Å². The minimum Gasteiger partial charge on any atom is -0.508 e. The minimum absolute atomic E-state index is 0.240. The third-order valence-corrected chi connectivity index (χ3v) is 3.11. The number of fused-ring (bicyclic) bond motifs is 1. The maximum atomic E-state index is 9.42. The lowest BCUT2D eigenvalue weighted by atomic mass is 10.2. The van der Waals surface area contributed by atoms with Crippen LogP contribution in [0.15, 0.2) is 42.5 Å². The molecule has 0 saturated carbocycles. The Morgan fingerprint density at radius 2 is 2.10 bits per heavy atom. The number of aromatic nitrogens is 2. The predicted molar refractivity (Wildman–Crippen MR) is 78.1 cm³/mol. The first-order chi connectivity index (χ1) is 9.70. The van der Waals surface area contributed by atoms with E-state index in [2.05, 4.69) is 9.97 Å². The molecule has 0 unspecified atom stereocenters. The van der Waals surface area contributed by atoms with Crippen LogP contribution in [0.2, 0.25) is 0 Å². The highest BCUT2D eigenvalue weighted by atomic mass is 16.5. The van der Waals surface area contributed by atoms with Crippen LogP contribution in [0.25, 0.3) is 11.0 Å². The number of phenols is 1. The highest BCUT2D eigenvalue weighted by Gasteiger charge is 2.04. The van der Waals surface area contributed by atoms with Gasteiger partial charge in [0.25, 0.3) is 0 Å². The summed E-state index contributed by atoms with van der Waals surface area (Å²) < 4.78 is 5.70. The second kappa shape index (κ2) is 5.25. The van der Waals surface area contributed by atoms with Gasteiger partial charge in [-0.3, -0.25) is 0 Å².